The van der Waals surface area contributed by atoms with Gasteiger partial charge in [-0.25, -0.2) is 4.98 Å². The fourth-order valence-electron chi connectivity index (χ4n) is 3.05. The average Bonchev–Trinajstić information content (AvgIpc) is 2.93. The summed E-state index contributed by atoms with van der Waals surface area (Å²) < 4.78 is 0. The van der Waals surface area contributed by atoms with Crippen LogP contribution in [0.5, 0.6) is 0 Å². The average molecular weight is 290 g/mol. The van der Waals surface area contributed by atoms with E-state index in [1.807, 2.05) is 12.4 Å². The number of anilines is 1. The molecule has 118 valence electrons. The first-order valence-corrected chi connectivity index (χ1v) is 8.35. The van der Waals surface area contributed by atoms with Crippen molar-refractivity contribution in [3.8, 4) is 0 Å². The third kappa shape index (κ3) is 4.16. The highest BCUT2D eigenvalue weighted by molar-refractivity contribution is 5.38. The molecule has 0 atom stereocenters. The molecule has 1 saturated heterocycles. The Kier molecular flexibility index (Phi) is 5.57. The fourth-order valence-corrected chi connectivity index (χ4v) is 3.05. The number of hydrogen-bond acceptors (Lipinski definition) is 4. The predicted molar refractivity (Wildman–Crippen MR) is 88.4 cm³/mol. The molecule has 0 unspecified atom stereocenters. The summed E-state index contributed by atoms with van der Waals surface area (Å²) in [6.45, 7) is 13.1. The van der Waals surface area contributed by atoms with Gasteiger partial charge in [0.05, 0.1) is 18.1 Å². The molecule has 1 N–H and O–H groups in total. The Bertz CT molecular complexity index is 423. The highest BCUT2D eigenvalue weighted by Gasteiger charge is 2.35. The van der Waals surface area contributed by atoms with Crippen molar-refractivity contribution in [1.82, 2.24) is 15.3 Å². The minimum Gasteiger partial charge on any atom is -0.355 e. The third-order valence-electron chi connectivity index (χ3n) is 4.81. The van der Waals surface area contributed by atoms with Gasteiger partial charge in [0.2, 0.25) is 0 Å². The Morgan fingerprint density at radius 2 is 2.00 bits per heavy atom. The molecule has 1 aliphatic heterocycles. The van der Waals surface area contributed by atoms with E-state index in [4.69, 9.17) is 0 Å². The van der Waals surface area contributed by atoms with Gasteiger partial charge in [0, 0.05) is 19.6 Å². The van der Waals surface area contributed by atoms with E-state index < -0.39 is 0 Å². The summed E-state index contributed by atoms with van der Waals surface area (Å²) in [6, 6.07) is 0. The minimum atomic E-state index is 0.485. The van der Waals surface area contributed by atoms with Crippen LogP contribution in [0.1, 0.15) is 52.7 Å². The summed E-state index contributed by atoms with van der Waals surface area (Å²) in [4.78, 5) is 11.6. The highest BCUT2D eigenvalue weighted by atomic mass is 15.2. The quantitative estimate of drug-likeness (QED) is 0.837. The molecule has 0 spiro atoms. The van der Waals surface area contributed by atoms with Crippen LogP contribution in [-0.4, -0.2) is 29.6 Å². The maximum Gasteiger partial charge on any atom is 0.147 e. The van der Waals surface area contributed by atoms with Crippen LogP contribution in [0.15, 0.2) is 12.4 Å². The first kappa shape index (κ1) is 16.2. The maximum atomic E-state index is 4.62. The summed E-state index contributed by atoms with van der Waals surface area (Å²) >= 11 is 0. The van der Waals surface area contributed by atoms with Gasteiger partial charge in [-0.3, -0.25) is 4.98 Å². The lowest BCUT2D eigenvalue weighted by atomic mass is 9.82. The van der Waals surface area contributed by atoms with Crippen LogP contribution in [0.2, 0.25) is 0 Å². The van der Waals surface area contributed by atoms with Gasteiger partial charge in [-0.2, -0.15) is 0 Å². The first-order chi connectivity index (χ1) is 10.1. The van der Waals surface area contributed by atoms with Crippen LogP contribution in [0.25, 0.3) is 0 Å². The van der Waals surface area contributed by atoms with E-state index in [-0.39, 0.29) is 0 Å². The van der Waals surface area contributed by atoms with E-state index in [1.165, 1.54) is 19.3 Å². The molecule has 1 aliphatic rings. The smallest absolute Gasteiger partial charge is 0.147 e. The van der Waals surface area contributed by atoms with Gasteiger partial charge in [-0.05, 0) is 37.1 Å². The van der Waals surface area contributed by atoms with Crippen LogP contribution < -0.4 is 10.2 Å². The molecule has 21 heavy (non-hydrogen) atoms. The summed E-state index contributed by atoms with van der Waals surface area (Å²) in [5, 5.41) is 3.41. The lowest BCUT2D eigenvalue weighted by Crippen LogP contribution is -2.27. The van der Waals surface area contributed by atoms with Crippen molar-refractivity contribution in [2.45, 2.75) is 53.5 Å². The third-order valence-corrected chi connectivity index (χ3v) is 4.81. The summed E-state index contributed by atoms with van der Waals surface area (Å²) in [5.41, 5.74) is 1.51. The van der Waals surface area contributed by atoms with Crippen molar-refractivity contribution in [3.05, 3.63) is 18.1 Å². The van der Waals surface area contributed by atoms with Crippen LogP contribution in [-0.2, 0) is 6.54 Å². The van der Waals surface area contributed by atoms with Gasteiger partial charge in [0.15, 0.2) is 0 Å². The molecule has 0 amide bonds. The molecule has 0 aliphatic carbocycles. The van der Waals surface area contributed by atoms with Crippen LogP contribution in [0.4, 0.5) is 5.82 Å². The molecule has 4 heteroatoms. The molecule has 0 aromatic carbocycles. The minimum absolute atomic E-state index is 0.485. The zero-order valence-corrected chi connectivity index (χ0v) is 14.0. The first-order valence-electron chi connectivity index (χ1n) is 8.35. The second-order valence-corrected chi connectivity index (χ2v) is 6.77. The van der Waals surface area contributed by atoms with E-state index >= 15 is 0 Å². The van der Waals surface area contributed by atoms with Gasteiger partial charge in [0.1, 0.15) is 5.82 Å². The second kappa shape index (κ2) is 7.21. The van der Waals surface area contributed by atoms with Gasteiger partial charge in [-0.1, -0.05) is 27.7 Å². The van der Waals surface area contributed by atoms with E-state index in [9.17, 15) is 0 Å². The predicted octanol–water partition coefficient (Wildman–Crippen LogP) is 3.24. The maximum absolute atomic E-state index is 4.62. The molecule has 2 rings (SSSR count). The number of nitrogens with one attached hydrogen (secondary N) is 1. The van der Waals surface area contributed by atoms with Gasteiger partial charge in [0.25, 0.3) is 0 Å². The standard InChI is InChI=1S/C17H30N4/c1-5-17(6-2)7-8-21(13-17)16-12-19-15(11-20-16)10-18-9-14(3)4/h11-12,14,18H,5-10,13H2,1-4H3. The van der Waals surface area contributed by atoms with Crippen LogP contribution >= 0.6 is 0 Å². The SMILES string of the molecule is CCC1(CC)CCN(c2cnc(CNCC(C)C)cn2)C1. The number of rotatable bonds is 7. The molecular weight excluding hydrogens is 260 g/mol. The summed E-state index contributed by atoms with van der Waals surface area (Å²) in [7, 11) is 0. The molecule has 1 fully saturated rings. The Labute approximate surface area is 129 Å². The number of hydrogen-bond donors (Lipinski definition) is 1. The Balaban J connectivity index is 1.91. The zero-order chi connectivity index (χ0) is 15.3. The van der Waals surface area contributed by atoms with Crippen molar-refractivity contribution in [2.75, 3.05) is 24.5 Å². The van der Waals surface area contributed by atoms with Gasteiger partial charge in [-0.15, -0.1) is 0 Å². The Morgan fingerprint density at radius 1 is 1.24 bits per heavy atom. The van der Waals surface area contributed by atoms with E-state index in [2.05, 4.69) is 47.9 Å². The van der Waals surface area contributed by atoms with Crippen molar-refractivity contribution in [2.24, 2.45) is 11.3 Å². The van der Waals surface area contributed by atoms with Gasteiger partial charge >= 0.3 is 0 Å². The molecule has 0 radical (unpaired) electrons. The molecule has 1 aromatic heterocycles. The molecule has 0 saturated carbocycles. The van der Waals surface area contributed by atoms with Crippen molar-refractivity contribution >= 4 is 5.82 Å². The number of aromatic nitrogens is 2. The van der Waals surface area contributed by atoms with E-state index in [0.717, 1.165) is 37.7 Å². The van der Waals surface area contributed by atoms with Crippen molar-refractivity contribution in [1.29, 1.82) is 0 Å². The molecule has 0 bridgehead atoms. The largest absolute Gasteiger partial charge is 0.355 e. The lowest BCUT2D eigenvalue weighted by Gasteiger charge is -2.26. The fraction of sp³-hybridized carbons (Fsp3) is 0.765. The molecule has 1 aromatic rings. The number of nitrogens with zero attached hydrogens (tertiary/aromatic N) is 3. The normalized spacial score (nSPS) is 17.7. The van der Waals surface area contributed by atoms with E-state index in [1.54, 1.807) is 0 Å². The summed E-state index contributed by atoms with van der Waals surface area (Å²) in [5.74, 6) is 1.70. The molecule has 4 nitrogen and oxygen atoms in total. The highest BCUT2D eigenvalue weighted by Crippen LogP contribution is 2.38. The molecular formula is C17H30N4. The second-order valence-electron chi connectivity index (χ2n) is 6.77. The van der Waals surface area contributed by atoms with Crippen LogP contribution in [0.3, 0.4) is 0 Å². The summed E-state index contributed by atoms with van der Waals surface area (Å²) in [6.07, 6.45) is 7.64. The Hall–Kier alpha value is -1.16. The Morgan fingerprint density at radius 3 is 2.52 bits per heavy atom. The van der Waals surface area contributed by atoms with E-state index in [0.29, 0.717) is 11.3 Å². The van der Waals surface area contributed by atoms with Crippen LogP contribution in [0, 0.1) is 11.3 Å². The molecule has 2 heterocycles. The topological polar surface area (TPSA) is 41.1 Å². The zero-order valence-electron chi connectivity index (χ0n) is 14.0. The monoisotopic (exact) mass is 290 g/mol. The van der Waals surface area contributed by atoms with Gasteiger partial charge < -0.3 is 10.2 Å². The van der Waals surface area contributed by atoms with Crippen molar-refractivity contribution < 1.29 is 0 Å². The lowest BCUT2D eigenvalue weighted by molar-refractivity contribution is 0.301. The van der Waals surface area contributed by atoms with Crippen molar-refractivity contribution in [3.63, 3.8) is 0 Å².